The minimum atomic E-state index is -0.464. The molecule has 0 saturated heterocycles. The Labute approximate surface area is 156 Å². The first-order valence-corrected chi connectivity index (χ1v) is 8.39. The molecule has 0 fully saturated rings. The van der Waals surface area contributed by atoms with Crippen LogP contribution in [-0.2, 0) is 0 Å². The number of halogens is 1. The van der Waals surface area contributed by atoms with Gasteiger partial charge in [-0.3, -0.25) is 14.9 Å². The van der Waals surface area contributed by atoms with Crippen LogP contribution in [0.5, 0.6) is 5.75 Å². The van der Waals surface area contributed by atoms with Crippen LogP contribution in [0.15, 0.2) is 69.2 Å². The average Bonchev–Trinajstić information content (AvgIpc) is 3.21. The quantitative estimate of drug-likeness (QED) is 0.334. The summed E-state index contributed by atoms with van der Waals surface area (Å²) in [6.45, 7) is 0. The van der Waals surface area contributed by atoms with Crippen LogP contribution < -0.4 is 4.74 Å². The molecule has 26 heavy (non-hydrogen) atoms. The second kappa shape index (κ2) is 6.27. The molecular formula is C19H10BrNO5. The van der Waals surface area contributed by atoms with Crippen LogP contribution in [0.1, 0.15) is 16.1 Å². The van der Waals surface area contributed by atoms with Gasteiger partial charge in [-0.2, -0.15) is 0 Å². The Bertz CT molecular complexity index is 1080. The predicted octanol–water partition coefficient (Wildman–Crippen LogP) is 5.23. The van der Waals surface area contributed by atoms with Gasteiger partial charge in [0.2, 0.25) is 5.78 Å². The third kappa shape index (κ3) is 2.82. The second-order valence-electron chi connectivity index (χ2n) is 5.56. The number of Topliss-reactive ketones (excluding diaryl/α,β-unsaturated/α-hetero) is 1. The number of para-hydroxylation sites is 1. The van der Waals surface area contributed by atoms with Gasteiger partial charge in [0, 0.05) is 16.6 Å². The van der Waals surface area contributed by atoms with Gasteiger partial charge in [0.25, 0.3) is 5.69 Å². The molecule has 0 unspecified atom stereocenters. The van der Waals surface area contributed by atoms with Gasteiger partial charge < -0.3 is 9.15 Å². The Hall–Kier alpha value is -3.19. The van der Waals surface area contributed by atoms with Crippen LogP contribution in [0, 0.1) is 10.1 Å². The number of ether oxygens (including phenoxy) is 1. The number of benzene rings is 2. The van der Waals surface area contributed by atoms with Crippen LogP contribution in [0.4, 0.5) is 5.69 Å². The molecule has 3 aromatic rings. The highest BCUT2D eigenvalue weighted by atomic mass is 79.9. The number of nitro benzene ring substituents is 1. The van der Waals surface area contributed by atoms with E-state index in [0.29, 0.717) is 28.4 Å². The summed E-state index contributed by atoms with van der Waals surface area (Å²) in [7, 11) is 0. The summed E-state index contributed by atoms with van der Waals surface area (Å²) in [6.07, 6.45) is 1.48. The number of allylic oxidation sites excluding steroid dienone is 1. The van der Waals surface area contributed by atoms with Gasteiger partial charge in [0.05, 0.1) is 16.1 Å². The number of nitrogens with zero attached hydrogens (tertiary/aromatic N) is 1. The number of fused-ring (bicyclic) bond motifs is 1. The first kappa shape index (κ1) is 16.3. The van der Waals surface area contributed by atoms with E-state index in [0.717, 1.165) is 4.47 Å². The van der Waals surface area contributed by atoms with Crippen molar-refractivity contribution in [2.75, 3.05) is 0 Å². The Balaban J connectivity index is 1.67. The van der Waals surface area contributed by atoms with Crippen molar-refractivity contribution in [2.45, 2.75) is 0 Å². The minimum absolute atomic E-state index is 0.0495. The van der Waals surface area contributed by atoms with Crippen molar-refractivity contribution < 1.29 is 18.9 Å². The maximum absolute atomic E-state index is 12.4. The second-order valence-corrected chi connectivity index (χ2v) is 6.47. The maximum atomic E-state index is 12.4. The maximum Gasteiger partial charge on any atom is 0.280 e. The van der Waals surface area contributed by atoms with Crippen molar-refractivity contribution in [1.82, 2.24) is 0 Å². The van der Waals surface area contributed by atoms with Crippen LogP contribution in [0.3, 0.4) is 0 Å². The predicted molar refractivity (Wildman–Crippen MR) is 97.9 cm³/mol. The third-order valence-corrected chi connectivity index (χ3v) is 4.39. The summed E-state index contributed by atoms with van der Waals surface area (Å²) in [5, 5.41) is 11.2. The molecule has 1 aromatic heterocycles. The molecule has 0 spiro atoms. The van der Waals surface area contributed by atoms with Gasteiger partial charge in [0.15, 0.2) is 5.76 Å². The van der Waals surface area contributed by atoms with Crippen molar-refractivity contribution in [3.8, 4) is 17.1 Å². The van der Waals surface area contributed by atoms with E-state index in [4.69, 9.17) is 9.15 Å². The van der Waals surface area contributed by atoms with Gasteiger partial charge >= 0.3 is 0 Å². The van der Waals surface area contributed by atoms with E-state index in [2.05, 4.69) is 15.9 Å². The van der Waals surface area contributed by atoms with Crippen LogP contribution >= 0.6 is 15.9 Å². The lowest BCUT2D eigenvalue weighted by Gasteiger charge is -1.99. The van der Waals surface area contributed by atoms with Gasteiger partial charge in [-0.1, -0.05) is 28.1 Å². The fourth-order valence-electron chi connectivity index (χ4n) is 2.71. The van der Waals surface area contributed by atoms with Gasteiger partial charge in [-0.05, 0) is 36.4 Å². The van der Waals surface area contributed by atoms with E-state index in [1.54, 1.807) is 48.5 Å². The van der Waals surface area contributed by atoms with E-state index < -0.39 is 4.92 Å². The molecule has 0 amide bonds. The lowest BCUT2D eigenvalue weighted by Crippen LogP contribution is -1.97. The zero-order chi connectivity index (χ0) is 18.3. The lowest BCUT2D eigenvalue weighted by molar-refractivity contribution is -0.384. The zero-order valence-electron chi connectivity index (χ0n) is 13.1. The monoisotopic (exact) mass is 411 g/mol. The molecule has 0 saturated carbocycles. The van der Waals surface area contributed by atoms with Crippen molar-refractivity contribution in [2.24, 2.45) is 0 Å². The topological polar surface area (TPSA) is 82.6 Å². The molecular weight excluding hydrogens is 402 g/mol. The lowest BCUT2D eigenvalue weighted by atomic mass is 10.1. The number of carbonyl (C=O) groups excluding carboxylic acids is 1. The molecule has 0 bridgehead atoms. The standard InChI is InChI=1S/C19H10BrNO5/c20-11-5-7-17-14(9-11)19(22)18(26-17)10-12-6-8-16(25-12)13-3-1-2-4-15(13)21(23)24/h1-10H/b18-10-. The Morgan fingerprint density at radius 2 is 1.85 bits per heavy atom. The molecule has 1 aliphatic rings. The van der Waals surface area contributed by atoms with E-state index in [1.807, 2.05) is 0 Å². The molecule has 2 heterocycles. The number of hydrogen-bond acceptors (Lipinski definition) is 5. The molecule has 2 aromatic carbocycles. The first-order valence-electron chi connectivity index (χ1n) is 7.60. The van der Waals surface area contributed by atoms with Gasteiger partial charge in [-0.25, -0.2) is 0 Å². The molecule has 0 N–H and O–H groups in total. The van der Waals surface area contributed by atoms with E-state index in [1.165, 1.54) is 12.1 Å². The highest BCUT2D eigenvalue weighted by Crippen LogP contribution is 2.35. The third-order valence-electron chi connectivity index (χ3n) is 3.90. The summed E-state index contributed by atoms with van der Waals surface area (Å²) in [4.78, 5) is 23.1. The molecule has 0 radical (unpaired) electrons. The van der Waals surface area contributed by atoms with Crippen molar-refractivity contribution >= 4 is 33.5 Å². The summed E-state index contributed by atoms with van der Waals surface area (Å²) in [6, 6.07) is 14.8. The molecule has 4 rings (SSSR count). The van der Waals surface area contributed by atoms with Crippen LogP contribution in [0.25, 0.3) is 17.4 Å². The van der Waals surface area contributed by atoms with Crippen LogP contribution in [0.2, 0.25) is 0 Å². The number of carbonyl (C=O) groups is 1. The number of rotatable bonds is 3. The van der Waals surface area contributed by atoms with Crippen molar-refractivity contribution in [3.63, 3.8) is 0 Å². The normalized spacial score (nSPS) is 14.3. The fraction of sp³-hybridized carbons (Fsp3) is 0. The van der Waals surface area contributed by atoms with Gasteiger partial charge in [0.1, 0.15) is 17.3 Å². The Kier molecular flexibility index (Phi) is 3.93. The molecule has 0 aliphatic carbocycles. The summed E-state index contributed by atoms with van der Waals surface area (Å²) >= 11 is 3.33. The van der Waals surface area contributed by atoms with Crippen molar-refractivity contribution in [1.29, 1.82) is 0 Å². The molecule has 1 aliphatic heterocycles. The fourth-order valence-corrected chi connectivity index (χ4v) is 3.07. The van der Waals surface area contributed by atoms with E-state index in [9.17, 15) is 14.9 Å². The molecule has 6 nitrogen and oxygen atoms in total. The number of hydrogen-bond donors (Lipinski definition) is 0. The summed E-state index contributed by atoms with van der Waals surface area (Å²) < 4.78 is 12.0. The van der Waals surface area contributed by atoms with E-state index >= 15 is 0 Å². The SMILES string of the molecule is O=C1/C(=C/c2ccc(-c3ccccc3[N+](=O)[O-])o2)Oc2ccc(Br)cc21. The largest absolute Gasteiger partial charge is 0.456 e. The summed E-state index contributed by atoms with van der Waals surface area (Å²) in [5.74, 6) is 1.09. The highest BCUT2D eigenvalue weighted by molar-refractivity contribution is 9.10. The minimum Gasteiger partial charge on any atom is -0.456 e. The number of furan rings is 1. The smallest absolute Gasteiger partial charge is 0.280 e. The number of nitro groups is 1. The van der Waals surface area contributed by atoms with Gasteiger partial charge in [-0.15, -0.1) is 0 Å². The van der Waals surface area contributed by atoms with E-state index in [-0.39, 0.29) is 17.2 Å². The van der Waals surface area contributed by atoms with Crippen LogP contribution in [-0.4, -0.2) is 10.7 Å². The zero-order valence-corrected chi connectivity index (χ0v) is 14.7. The number of ketones is 1. The summed E-state index contributed by atoms with van der Waals surface area (Å²) in [5.41, 5.74) is 0.788. The molecule has 128 valence electrons. The average molecular weight is 412 g/mol. The Morgan fingerprint density at radius 3 is 2.65 bits per heavy atom. The molecule has 7 heteroatoms. The Morgan fingerprint density at radius 1 is 1.04 bits per heavy atom. The van der Waals surface area contributed by atoms with Crippen molar-refractivity contribution in [3.05, 3.63) is 86.3 Å². The molecule has 0 atom stereocenters. The highest BCUT2D eigenvalue weighted by Gasteiger charge is 2.28. The first-order chi connectivity index (χ1) is 12.5.